The molecule has 0 radical (unpaired) electrons. The van der Waals surface area contributed by atoms with Gasteiger partial charge in [-0.2, -0.15) is 5.10 Å². The largest absolute Gasteiger partial charge is 0.320 e. The van der Waals surface area contributed by atoms with Crippen LogP contribution in [-0.4, -0.2) is 21.9 Å². The van der Waals surface area contributed by atoms with E-state index in [1.54, 1.807) is 59.8 Å². The van der Waals surface area contributed by atoms with Gasteiger partial charge < -0.3 is 5.32 Å². The summed E-state index contributed by atoms with van der Waals surface area (Å²) in [5.74, 6) is -0.547. The smallest absolute Gasteiger partial charge is 0.280 e. The van der Waals surface area contributed by atoms with Crippen LogP contribution in [0.2, 0.25) is 5.02 Å². The molecule has 26 heavy (non-hydrogen) atoms. The first-order chi connectivity index (χ1) is 12.5. The second kappa shape index (κ2) is 7.76. The van der Waals surface area contributed by atoms with Gasteiger partial charge in [0.2, 0.25) is 5.43 Å². The van der Waals surface area contributed by atoms with Gasteiger partial charge in [-0.25, -0.2) is 4.68 Å². The van der Waals surface area contributed by atoms with Gasteiger partial charge in [-0.3, -0.25) is 9.59 Å². The number of amides is 1. The summed E-state index contributed by atoms with van der Waals surface area (Å²) in [5, 5.41) is 7.56. The summed E-state index contributed by atoms with van der Waals surface area (Å²) in [5.41, 5.74) is 1.35. The van der Waals surface area contributed by atoms with E-state index in [9.17, 15) is 9.59 Å². The highest BCUT2D eigenvalue weighted by atomic mass is 35.5. The molecule has 0 bridgehead atoms. The number of nitrogens with zero attached hydrogens (tertiary/aromatic N) is 2. The molecule has 3 rings (SSSR count). The van der Waals surface area contributed by atoms with E-state index in [0.717, 1.165) is 4.90 Å². The van der Waals surface area contributed by atoms with E-state index < -0.39 is 11.3 Å². The third-order valence-corrected chi connectivity index (χ3v) is 4.74. The number of benzene rings is 2. The summed E-state index contributed by atoms with van der Waals surface area (Å²) in [7, 11) is 0. The van der Waals surface area contributed by atoms with Crippen molar-refractivity contribution in [3.05, 3.63) is 81.2 Å². The van der Waals surface area contributed by atoms with Gasteiger partial charge in [0.25, 0.3) is 5.91 Å². The lowest BCUT2D eigenvalue weighted by Gasteiger charge is -2.11. The third kappa shape index (κ3) is 3.98. The zero-order valence-corrected chi connectivity index (χ0v) is 15.8. The van der Waals surface area contributed by atoms with Crippen molar-refractivity contribution in [1.82, 2.24) is 9.78 Å². The molecule has 0 unspecified atom stereocenters. The number of carbonyl (C=O) groups is 1. The van der Waals surface area contributed by atoms with E-state index >= 15 is 0 Å². The molecule has 1 amide bonds. The minimum Gasteiger partial charge on any atom is -0.320 e. The van der Waals surface area contributed by atoms with Crippen molar-refractivity contribution in [2.24, 2.45) is 0 Å². The molecule has 0 saturated carbocycles. The highest BCUT2D eigenvalue weighted by Gasteiger charge is 2.15. The van der Waals surface area contributed by atoms with E-state index in [4.69, 9.17) is 11.6 Å². The molecule has 3 aromatic rings. The number of hydrogen-bond donors (Lipinski definition) is 1. The molecule has 0 aliphatic rings. The number of thioether (sulfide) groups is 1. The molecular formula is C19H16ClN3O2S. The van der Waals surface area contributed by atoms with Crippen molar-refractivity contribution < 1.29 is 4.79 Å². The molecule has 0 atom stereocenters. The minimum absolute atomic E-state index is 0.167. The number of anilines is 1. The van der Waals surface area contributed by atoms with Crippen molar-refractivity contribution in [1.29, 1.82) is 0 Å². The van der Waals surface area contributed by atoms with E-state index in [1.165, 1.54) is 6.07 Å². The fourth-order valence-corrected chi connectivity index (χ4v) is 2.95. The van der Waals surface area contributed by atoms with E-state index in [-0.39, 0.29) is 5.69 Å². The molecule has 0 fully saturated rings. The SMILES string of the molecule is CSc1ccc(NC(=O)c2nn(-c3ccc(Cl)cc3)c(C)cc2=O)cc1. The summed E-state index contributed by atoms with van der Waals surface area (Å²) < 4.78 is 1.55. The van der Waals surface area contributed by atoms with Crippen molar-refractivity contribution in [2.45, 2.75) is 11.8 Å². The lowest BCUT2D eigenvalue weighted by Crippen LogP contribution is -2.26. The van der Waals surface area contributed by atoms with Gasteiger partial charge in [-0.1, -0.05) is 11.6 Å². The standard InChI is InChI=1S/C19H16ClN3O2S/c1-12-11-17(24)18(22-23(12)15-7-3-13(20)4-8-15)19(25)21-14-5-9-16(26-2)10-6-14/h3-11H,1-2H3,(H,21,25). The average Bonchev–Trinajstić information content (AvgIpc) is 2.63. The third-order valence-electron chi connectivity index (χ3n) is 3.74. The first kappa shape index (κ1) is 18.2. The molecule has 1 aromatic heterocycles. The van der Waals surface area contributed by atoms with Crippen LogP contribution in [0.3, 0.4) is 0 Å². The zero-order valence-electron chi connectivity index (χ0n) is 14.2. The lowest BCUT2D eigenvalue weighted by molar-refractivity contribution is 0.101. The van der Waals surface area contributed by atoms with Crippen LogP contribution in [0.5, 0.6) is 0 Å². The quantitative estimate of drug-likeness (QED) is 0.684. The molecule has 0 spiro atoms. The highest BCUT2D eigenvalue weighted by molar-refractivity contribution is 7.98. The maximum Gasteiger partial charge on any atom is 0.280 e. The number of carbonyl (C=O) groups excluding carboxylic acids is 1. The molecule has 132 valence electrons. The first-order valence-corrected chi connectivity index (χ1v) is 9.40. The van der Waals surface area contributed by atoms with Gasteiger partial charge in [0.1, 0.15) is 0 Å². The van der Waals surface area contributed by atoms with Gasteiger partial charge >= 0.3 is 0 Å². The zero-order chi connectivity index (χ0) is 18.7. The summed E-state index contributed by atoms with van der Waals surface area (Å²) in [6, 6.07) is 15.8. The van der Waals surface area contributed by atoms with Crippen LogP contribution in [0, 0.1) is 6.92 Å². The Bertz CT molecular complexity index is 999. The number of aryl methyl sites for hydroxylation is 1. The van der Waals surface area contributed by atoms with Crippen LogP contribution in [0.4, 0.5) is 5.69 Å². The van der Waals surface area contributed by atoms with Gasteiger partial charge in [0.05, 0.1) is 5.69 Å². The fraction of sp³-hybridized carbons (Fsp3) is 0.105. The monoisotopic (exact) mass is 385 g/mol. The van der Waals surface area contributed by atoms with E-state index in [1.807, 2.05) is 18.4 Å². The number of nitrogens with one attached hydrogen (secondary N) is 1. The molecule has 1 N–H and O–H groups in total. The first-order valence-electron chi connectivity index (χ1n) is 7.80. The Morgan fingerprint density at radius 1 is 1.12 bits per heavy atom. The van der Waals surface area contributed by atoms with Gasteiger partial charge in [0, 0.05) is 27.4 Å². The summed E-state index contributed by atoms with van der Waals surface area (Å²) in [4.78, 5) is 25.9. The Kier molecular flexibility index (Phi) is 5.44. The molecule has 2 aromatic carbocycles. The molecular weight excluding hydrogens is 370 g/mol. The van der Waals surface area contributed by atoms with Gasteiger partial charge in [-0.05, 0) is 61.7 Å². The molecule has 7 heteroatoms. The lowest BCUT2D eigenvalue weighted by atomic mass is 10.2. The maximum atomic E-state index is 12.5. The molecule has 5 nitrogen and oxygen atoms in total. The Morgan fingerprint density at radius 3 is 2.38 bits per heavy atom. The van der Waals surface area contributed by atoms with Crippen molar-refractivity contribution in [3.8, 4) is 5.69 Å². The van der Waals surface area contributed by atoms with Gasteiger partial charge in [-0.15, -0.1) is 11.8 Å². The van der Waals surface area contributed by atoms with Crippen LogP contribution < -0.4 is 10.7 Å². The molecule has 1 heterocycles. The predicted octanol–water partition coefficient (Wildman–Crippen LogP) is 4.17. The number of rotatable bonds is 4. The molecule has 0 saturated heterocycles. The van der Waals surface area contributed by atoms with Crippen LogP contribution in [0.15, 0.2) is 64.3 Å². The van der Waals surface area contributed by atoms with Crippen LogP contribution in [0.25, 0.3) is 5.69 Å². The minimum atomic E-state index is -0.547. The maximum absolute atomic E-state index is 12.5. The van der Waals surface area contributed by atoms with Crippen molar-refractivity contribution >= 4 is 35.0 Å². The second-order valence-electron chi connectivity index (χ2n) is 5.57. The fourth-order valence-electron chi connectivity index (χ4n) is 2.41. The number of aromatic nitrogens is 2. The topological polar surface area (TPSA) is 64.0 Å². The van der Waals surface area contributed by atoms with E-state index in [2.05, 4.69) is 10.4 Å². The Balaban J connectivity index is 1.93. The van der Waals surface area contributed by atoms with Gasteiger partial charge in [0.15, 0.2) is 5.69 Å². The molecule has 0 aliphatic carbocycles. The van der Waals surface area contributed by atoms with E-state index in [0.29, 0.717) is 22.1 Å². The van der Waals surface area contributed by atoms with Crippen molar-refractivity contribution in [2.75, 3.05) is 11.6 Å². The summed E-state index contributed by atoms with van der Waals surface area (Å²) >= 11 is 7.52. The predicted molar refractivity (Wildman–Crippen MR) is 106 cm³/mol. The number of hydrogen-bond acceptors (Lipinski definition) is 4. The van der Waals surface area contributed by atoms with Crippen LogP contribution >= 0.6 is 23.4 Å². The highest BCUT2D eigenvalue weighted by Crippen LogP contribution is 2.18. The second-order valence-corrected chi connectivity index (χ2v) is 6.89. The summed E-state index contributed by atoms with van der Waals surface area (Å²) in [6.45, 7) is 1.76. The molecule has 0 aliphatic heterocycles. The average molecular weight is 386 g/mol. The summed E-state index contributed by atoms with van der Waals surface area (Å²) in [6.07, 6.45) is 1.98. The Labute approximate surface area is 160 Å². The van der Waals surface area contributed by atoms with Crippen LogP contribution in [0.1, 0.15) is 16.2 Å². The Hall–Kier alpha value is -2.57. The Morgan fingerprint density at radius 2 is 1.77 bits per heavy atom. The van der Waals surface area contributed by atoms with Crippen LogP contribution in [-0.2, 0) is 0 Å². The normalized spacial score (nSPS) is 10.6. The number of halogens is 1. The van der Waals surface area contributed by atoms with Crippen molar-refractivity contribution in [3.63, 3.8) is 0 Å².